The molecule has 2 aromatic carbocycles. The summed E-state index contributed by atoms with van der Waals surface area (Å²) >= 11 is 0. The van der Waals surface area contributed by atoms with Gasteiger partial charge in [-0.15, -0.1) is 0 Å². The average molecular weight is 487 g/mol. The molecule has 0 spiro atoms. The normalized spacial score (nSPS) is 16.4. The number of rotatable bonds is 10. The first-order valence-corrected chi connectivity index (χ1v) is 10.8. The standard InChI is InChI=1S/C24H27FN4O6/c1-4-34-19-11-15(22-21(23(31)33-3)14(2)27-24(32)28-22)9-10-18(19)35-13-20(30)29-26-12-16-7-5-6-8-17(16)25/h5-12,20,22,29-30H,4,13H2,1-3H3,(H2,27,28,32)/b26-12-/t20-,22+/m0/s1. The van der Waals surface area contributed by atoms with Crippen LogP contribution in [-0.4, -0.2) is 49.9 Å². The molecule has 2 atom stereocenters. The van der Waals surface area contributed by atoms with Crippen LogP contribution >= 0.6 is 0 Å². The van der Waals surface area contributed by atoms with Crippen LogP contribution in [0.15, 0.2) is 58.8 Å². The molecule has 186 valence electrons. The Morgan fingerprint density at radius 3 is 2.74 bits per heavy atom. The number of carbonyl (C=O) groups is 2. The van der Waals surface area contributed by atoms with Gasteiger partial charge in [-0.05, 0) is 37.6 Å². The molecule has 0 aromatic heterocycles. The lowest BCUT2D eigenvalue weighted by molar-refractivity contribution is -0.136. The number of ether oxygens (including phenoxy) is 3. The van der Waals surface area contributed by atoms with Gasteiger partial charge in [-0.1, -0.05) is 24.3 Å². The number of hydrazone groups is 1. The summed E-state index contributed by atoms with van der Waals surface area (Å²) in [6, 6.07) is 9.79. The van der Waals surface area contributed by atoms with Crippen LogP contribution in [0.25, 0.3) is 0 Å². The Kier molecular flexibility index (Phi) is 8.63. The van der Waals surface area contributed by atoms with Crippen LogP contribution in [0.5, 0.6) is 11.5 Å². The van der Waals surface area contributed by atoms with E-state index in [0.717, 1.165) is 0 Å². The molecular formula is C24H27FN4O6. The fraction of sp³-hybridized carbons (Fsp3) is 0.292. The highest BCUT2D eigenvalue weighted by molar-refractivity contribution is 5.95. The highest BCUT2D eigenvalue weighted by Gasteiger charge is 2.32. The number of halogens is 1. The van der Waals surface area contributed by atoms with Crippen LogP contribution in [0.2, 0.25) is 0 Å². The smallest absolute Gasteiger partial charge is 0.337 e. The third-order valence-corrected chi connectivity index (χ3v) is 5.00. The molecule has 3 rings (SSSR count). The molecule has 0 aliphatic carbocycles. The number of methoxy groups -OCH3 is 1. The zero-order valence-electron chi connectivity index (χ0n) is 19.5. The number of urea groups is 1. The summed E-state index contributed by atoms with van der Waals surface area (Å²) in [6.07, 6.45) is 0.0631. The number of esters is 1. The molecule has 0 unspecified atom stereocenters. The number of hydrogen-bond acceptors (Lipinski definition) is 8. The van der Waals surface area contributed by atoms with Crippen molar-refractivity contribution >= 4 is 18.2 Å². The highest BCUT2D eigenvalue weighted by Crippen LogP contribution is 2.34. The predicted octanol–water partition coefficient (Wildman–Crippen LogP) is 2.35. The van der Waals surface area contributed by atoms with Crippen LogP contribution < -0.4 is 25.5 Å². The van der Waals surface area contributed by atoms with Crippen LogP contribution in [0.1, 0.15) is 31.0 Å². The number of allylic oxidation sites excluding steroid dienone is 1. The van der Waals surface area contributed by atoms with E-state index in [4.69, 9.17) is 14.2 Å². The molecule has 4 N–H and O–H groups in total. The number of nitrogens with one attached hydrogen (secondary N) is 3. The summed E-state index contributed by atoms with van der Waals surface area (Å²) < 4.78 is 29.8. The first kappa shape index (κ1) is 25.5. The number of hydrogen-bond donors (Lipinski definition) is 4. The number of benzene rings is 2. The maximum absolute atomic E-state index is 13.6. The van der Waals surface area contributed by atoms with E-state index >= 15 is 0 Å². The van der Waals surface area contributed by atoms with Gasteiger partial charge >= 0.3 is 12.0 Å². The van der Waals surface area contributed by atoms with Crippen LogP contribution in [0.3, 0.4) is 0 Å². The minimum atomic E-state index is -1.19. The first-order valence-electron chi connectivity index (χ1n) is 10.8. The molecule has 0 saturated heterocycles. The van der Waals surface area contributed by atoms with E-state index in [1.54, 1.807) is 50.2 Å². The molecule has 0 bridgehead atoms. The zero-order chi connectivity index (χ0) is 25.4. The minimum absolute atomic E-state index is 0.190. The molecular weight excluding hydrogens is 459 g/mol. The van der Waals surface area contributed by atoms with Gasteiger partial charge < -0.3 is 30.0 Å². The number of aliphatic hydroxyl groups excluding tert-OH is 1. The Labute approximate surface area is 201 Å². The molecule has 0 fully saturated rings. The summed E-state index contributed by atoms with van der Waals surface area (Å²) in [5, 5.41) is 19.2. The van der Waals surface area contributed by atoms with Crippen LogP contribution in [-0.2, 0) is 9.53 Å². The van der Waals surface area contributed by atoms with Crippen LogP contribution in [0, 0.1) is 5.82 Å². The average Bonchev–Trinajstić information content (AvgIpc) is 2.83. The fourth-order valence-corrected chi connectivity index (χ4v) is 3.39. The predicted molar refractivity (Wildman–Crippen MR) is 125 cm³/mol. The molecule has 11 heteroatoms. The lowest BCUT2D eigenvalue weighted by atomic mass is 9.95. The van der Waals surface area contributed by atoms with Gasteiger partial charge in [-0.3, -0.25) is 5.43 Å². The fourth-order valence-electron chi connectivity index (χ4n) is 3.39. The van der Waals surface area contributed by atoms with Gasteiger partial charge in [-0.25, -0.2) is 14.0 Å². The number of aliphatic hydroxyl groups is 1. The summed E-state index contributed by atoms with van der Waals surface area (Å²) in [7, 11) is 1.26. The Balaban J connectivity index is 1.72. The molecule has 1 aliphatic rings. The maximum atomic E-state index is 13.6. The van der Waals surface area contributed by atoms with E-state index in [1.165, 1.54) is 19.4 Å². The molecule has 2 amide bonds. The van der Waals surface area contributed by atoms with Gasteiger partial charge in [0.05, 0.1) is 31.5 Å². The lowest BCUT2D eigenvalue weighted by Crippen LogP contribution is -2.45. The van der Waals surface area contributed by atoms with Gasteiger partial charge in [0.2, 0.25) is 0 Å². The van der Waals surface area contributed by atoms with Gasteiger partial charge in [-0.2, -0.15) is 5.10 Å². The maximum Gasteiger partial charge on any atom is 0.337 e. The third-order valence-electron chi connectivity index (χ3n) is 5.00. The molecule has 0 saturated carbocycles. The van der Waals surface area contributed by atoms with E-state index in [0.29, 0.717) is 29.4 Å². The van der Waals surface area contributed by atoms with Gasteiger partial charge in [0.1, 0.15) is 12.4 Å². The topological polar surface area (TPSA) is 131 Å². The summed E-state index contributed by atoms with van der Waals surface area (Å²) in [4.78, 5) is 24.4. The largest absolute Gasteiger partial charge is 0.490 e. The lowest BCUT2D eigenvalue weighted by Gasteiger charge is -2.28. The molecule has 1 aliphatic heterocycles. The minimum Gasteiger partial charge on any atom is -0.490 e. The van der Waals surface area contributed by atoms with Gasteiger partial charge in [0.15, 0.2) is 17.7 Å². The summed E-state index contributed by atoms with van der Waals surface area (Å²) in [5.74, 6) is -0.337. The molecule has 1 heterocycles. The van der Waals surface area contributed by atoms with Crippen molar-refractivity contribution in [2.24, 2.45) is 5.10 Å². The van der Waals surface area contributed by atoms with Crippen molar-refractivity contribution in [3.8, 4) is 11.5 Å². The summed E-state index contributed by atoms with van der Waals surface area (Å²) in [5.41, 5.74) is 3.94. The number of amides is 2. The van der Waals surface area contributed by atoms with Crippen molar-refractivity contribution in [1.82, 2.24) is 16.1 Å². The Hall–Kier alpha value is -4.12. The van der Waals surface area contributed by atoms with Crippen molar-refractivity contribution in [2.75, 3.05) is 20.3 Å². The van der Waals surface area contributed by atoms with E-state index in [9.17, 15) is 19.1 Å². The SMILES string of the molecule is CCOc1cc([C@H]2NC(=O)NC(C)=C2C(=O)OC)ccc1OC[C@H](O)N/N=C\c1ccccc1F. The highest BCUT2D eigenvalue weighted by atomic mass is 19.1. The first-order chi connectivity index (χ1) is 16.8. The van der Waals surface area contributed by atoms with E-state index in [-0.39, 0.29) is 17.7 Å². The van der Waals surface area contributed by atoms with Crippen molar-refractivity contribution in [1.29, 1.82) is 0 Å². The quantitative estimate of drug-likeness (QED) is 0.176. The van der Waals surface area contributed by atoms with Crippen molar-refractivity contribution < 1.29 is 33.3 Å². The Morgan fingerprint density at radius 1 is 1.26 bits per heavy atom. The second-order valence-corrected chi connectivity index (χ2v) is 7.44. The van der Waals surface area contributed by atoms with Gasteiger partial charge in [0.25, 0.3) is 0 Å². The number of carbonyl (C=O) groups excluding carboxylic acids is 2. The monoisotopic (exact) mass is 486 g/mol. The van der Waals surface area contributed by atoms with Crippen molar-refractivity contribution in [3.05, 3.63) is 70.7 Å². The van der Waals surface area contributed by atoms with Gasteiger partial charge in [0, 0.05) is 11.3 Å². The van der Waals surface area contributed by atoms with E-state index in [1.807, 2.05) is 0 Å². The molecule has 10 nitrogen and oxygen atoms in total. The van der Waals surface area contributed by atoms with E-state index < -0.39 is 30.1 Å². The second kappa shape index (κ2) is 11.8. The Morgan fingerprint density at radius 2 is 2.03 bits per heavy atom. The number of nitrogens with zero attached hydrogens (tertiary/aromatic N) is 1. The second-order valence-electron chi connectivity index (χ2n) is 7.44. The van der Waals surface area contributed by atoms with Crippen molar-refractivity contribution in [3.63, 3.8) is 0 Å². The van der Waals surface area contributed by atoms with Crippen molar-refractivity contribution in [2.45, 2.75) is 26.1 Å². The molecule has 35 heavy (non-hydrogen) atoms. The van der Waals surface area contributed by atoms with Crippen LogP contribution in [0.4, 0.5) is 9.18 Å². The zero-order valence-corrected chi connectivity index (χ0v) is 19.5. The molecule has 2 aromatic rings. The summed E-state index contributed by atoms with van der Waals surface area (Å²) in [6.45, 7) is 3.54. The Bertz CT molecular complexity index is 1140. The van der Waals surface area contributed by atoms with E-state index in [2.05, 4.69) is 21.2 Å². The molecule has 0 radical (unpaired) electrons. The third kappa shape index (κ3) is 6.48.